The number of amides is 1. The summed E-state index contributed by atoms with van der Waals surface area (Å²) in [5.41, 5.74) is 6.81. The normalized spacial score (nSPS) is 18.5. The summed E-state index contributed by atoms with van der Waals surface area (Å²) in [6.45, 7) is 2.16. The largest absolute Gasteiger partial charge is 0.668 e. The average Bonchev–Trinajstić information content (AvgIpc) is 1.93. The zero-order valence-electron chi connectivity index (χ0n) is 8.12. The second kappa shape index (κ2) is 8.91. The van der Waals surface area contributed by atoms with Crippen molar-refractivity contribution in [2.24, 2.45) is 5.92 Å². The number of carbonyl (C=O) groups is 1. The third-order valence-electron chi connectivity index (χ3n) is 2.31. The van der Waals surface area contributed by atoms with Crippen molar-refractivity contribution < 1.29 is 70.2 Å². The number of piperidine rings is 1. The number of nitrogens with one attached hydrogen (secondary N) is 1. The Morgan fingerprint density at radius 1 is 1.38 bits per heavy atom. The first-order chi connectivity index (χ1) is 5.18. The zero-order chi connectivity index (χ0) is 8.27. The summed E-state index contributed by atoms with van der Waals surface area (Å²) < 4.78 is 0. The zero-order valence-corrected chi connectivity index (χ0v) is 13.8. The van der Waals surface area contributed by atoms with Gasteiger partial charge in [-0.2, -0.15) is 0 Å². The third-order valence-corrected chi connectivity index (χ3v) is 2.31. The smallest absolute Gasteiger partial charge is 0.0490 e. The third kappa shape index (κ3) is 7.55. The standard InChI is InChI=1S/C8H16N2O.2Y/c1-10-4-2-7(3-5-10)6-8(9)11;;/h7H,2-6H2,1H3,(H2,9,11);;/p-1. The Morgan fingerprint density at radius 3 is 2.23 bits per heavy atom. The predicted molar refractivity (Wildman–Crippen MR) is 44.2 cm³/mol. The van der Waals surface area contributed by atoms with E-state index in [1.165, 1.54) is 0 Å². The molecule has 1 fully saturated rings. The molecule has 13 heavy (non-hydrogen) atoms. The van der Waals surface area contributed by atoms with E-state index < -0.39 is 5.91 Å². The van der Waals surface area contributed by atoms with E-state index in [1.807, 2.05) is 0 Å². The molecule has 0 atom stereocenters. The summed E-state index contributed by atoms with van der Waals surface area (Å²) in [5.74, 6) is 0.0794. The fourth-order valence-electron chi connectivity index (χ4n) is 1.53. The molecule has 1 heterocycles. The fraction of sp³-hybridized carbons (Fsp3) is 0.875. The average molecular weight is 333 g/mol. The van der Waals surface area contributed by atoms with E-state index in [0.717, 1.165) is 25.9 Å². The molecule has 1 amide bonds. The van der Waals surface area contributed by atoms with Crippen LogP contribution in [0.3, 0.4) is 0 Å². The van der Waals surface area contributed by atoms with Gasteiger partial charge in [-0.15, -0.1) is 0 Å². The summed E-state index contributed by atoms with van der Waals surface area (Å²) in [7, 11) is 2.10. The molecule has 0 aliphatic carbocycles. The minimum absolute atomic E-state index is 0. The number of rotatable bonds is 2. The molecule has 0 aromatic carbocycles. The van der Waals surface area contributed by atoms with Gasteiger partial charge in [0, 0.05) is 71.3 Å². The summed E-state index contributed by atoms with van der Waals surface area (Å²) >= 11 is 0. The Balaban J connectivity index is 0. The monoisotopic (exact) mass is 333 g/mol. The molecule has 0 aromatic rings. The molecule has 0 spiro atoms. The van der Waals surface area contributed by atoms with Crippen LogP contribution in [-0.2, 0) is 70.2 Å². The summed E-state index contributed by atoms with van der Waals surface area (Å²) in [4.78, 5) is 12.7. The van der Waals surface area contributed by atoms with Gasteiger partial charge in [0.15, 0.2) is 0 Å². The molecule has 0 unspecified atom stereocenters. The van der Waals surface area contributed by atoms with E-state index in [2.05, 4.69) is 11.9 Å². The van der Waals surface area contributed by atoms with Crippen LogP contribution in [0.15, 0.2) is 0 Å². The van der Waals surface area contributed by atoms with Gasteiger partial charge in [-0.1, -0.05) is 0 Å². The van der Waals surface area contributed by atoms with Crippen LogP contribution < -0.4 is 0 Å². The minimum Gasteiger partial charge on any atom is -0.668 e. The van der Waals surface area contributed by atoms with Gasteiger partial charge in [-0.25, -0.2) is 0 Å². The van der Waals surface area contributed by atoms with E-state index >= 15 is 0 Å². The van der Waals surface area contributed by atoms with Crippen molar-refractivity contribution >= 4 is 5.91 Å². The molecular weight excluding hydrogens is 318 g/mol. The molecule has 3 nitrogen and oxygen atoms in total. The van der Waals surface area contributed by atoms with Crippen LogP contribution in [0.4, 0.5) is 0 Å². The molecule has 0 bridgehead atoms. The Labute approximate surface area is 130 Å². The maximum Gasteiger partial charge on any atom is 0.0490 e. The number of carbonyl (C=O) groups excluding carboxylic acids is 1. The van der Waals surface area contributed by atoms with Gasteiger partial charge in [-0.05, 0) is 45.3 Å². The van der Waals surface area contributed by atoms with Crippen LogP contribution in [0.5, 0.6) is 0 Å². The fourth-order valence-corrected chi connectivity index (χ4v) is 1.53. The van der Waals surface area contributed by atoms with Crippen molar-refractivity contribution in [2.75, 3.05) is 20.1 Å². The second-order valence-electron chi connectivity index (χ2n) is 3.37. The minimum atomic E-state index is -0.403. The Morgan fingerprint density at radius 2 is 1.85 bits per heavy atom. The van der Waals surface area contributed by atoms with E-state index in [9.17, 15) is 4.79 Å². The molecule has 2 radical (unpaired) electrons. The number of hydrogen-bond donors (Lipinski definition) is 0. The van der Waals surface area contributed by atoms with Gasteiger partial charge >= 0.3 is 0 Å². The van der Waals surface area contributed by atoms with Gasteiger partial charge in [0.2, 0.25) is 0 Å². The molecule has 0 saturated carbocycles. The molecule has 1 aliphatic rings. The van der Waals surface area contributed by atoms with Crippen molar-refractivity contribution in [1.82, 2.24) is 4.90 Å². The first-order valence-corrected chi connectivity index (χ1v) is 4.11. The van der Waals surface area contributed by atoms with Crippen LogP contribution in [-0.4, -0.2) is 30.9 Å². The van der Waals surface area contributed by atoms with Crippen molar-refractivity contribution in [2.45, 2.75) is 19.3 Å². The van der Waals surface area contributed by atoms with E-state index in [1.54, 1.807) is 0 Å². The summed E-state index contributed by atoms with van der Waals surface area (Å²) in [5, 5.41) is 0. The molecule has 0 aromatic heterocycles. The van der Waals surface area contributed by atoms with Crippen molar-refractivity contribution in [1.29, 1.82) is 0 Å². The van der Waals surface area contributed by atoms with Crippen molar-refractivity contribution in [3.63, 3.8) is 0 Å². The first kappa shape index (κ1) is 17.0. The van der Waals surface area contributed by atoms with Crippen molar-refractivity contribution in [3.8, 4) is 0 Å². The molecule has 5 heteroatoms. The second-order valence-corrected chi connectivity index (χ2v) is 3.37. The maximum absolute atomic E-state index is 10.4. The number of hydrogen-bond acceptors (Lipinski definition) is 2. The van der Waals surface area contributed by atoms with Crippen LogP contribution in [0.25, 0.3) is 5.73 Å². The Hall–Kier alpha value is 1.64. The van der Waals surface area contributed by atoms with Gasteiger partial charge in [0.1, 0.15) is 0 Å². The van der Waals surface area contributed by atoms with Gasteiger partial charge in [0.25, 0.3) is 0 Å². The molecule has 1 saturated heterocycles. The molecule has 1 N–H and O–H groups in total. The van der Waals surface area contributed by atoms with Gasteiger partial charge < -0.3 is 15.4 Å². The number of likely N-dealkylation sites (tertiary alicyclic amines) is 1. The van der Waals surface area contributed by atoms with Crippen molar-refractivity contribution in [3.05, 3.63) is 5.73 Å². The molecule has 1 aliphatic heterocycles. The molecular formula is C8H15N2OY2-. The van der Waals surface area contributed by atoms with Crippen LogP contribution in [0.2, 0.25) is 0 Å². The Bertz CT molecular complexity index is 147. The quantitative estimate of drug-likeness (QED) is 0.765. The Kier molecular flexibility index (Phi) is 11.7. The van der Waals surface area contributed by atoms with E-state index in [0.29, 0.717) is 12.3 Å². The van der Waals surface area contributed by atoms with Gasteiger partial charge in [0.05, 0.1) is 0 Å². The molecule has 1 rings (SSSR count). The summed E-state index contributed by atoms with van der Waals surface area (Å²) in [6, 6.07) is 0. The van der Waals surface area contributed by atoms with Gasteiger partial charge in [-0.3, -0.25) is 0 Å². The number of nitrogens with zero attached hydrogens (tertiary/aromatic N) is 1. The van der Waals surface area contributed by atoms with E-state index in [-0.39, 0.29) is 65.4 Å². The predicted octanol–water partition coefficient (Wildman–Crippen LogP) is 1.29. The molecule has 70 valence electrons. The van der Waals surface area contributed by atoms with E-state index in [4.69, 9.17) is 5.73 Å². The first-order valence-electron chi connectivity index (χ1n) is 4.11. The SMILES string of the molecule is CN1CCC(CC([NH-])=O)CC1.[Y].[Y]. The van der Waals surface area contributed by atoms with Crippen LogP contribution >= 0.6 is 0 Å². The topological polar surface area (TPSA) is 44.1 Å². The maximum atomic E-state index is 10.4. The summed E-state index contributed by atoms with van der Waals surface area (Å²) in [6.07, 6.45) is 2.64. The van der Waals surface area contributed by atoms with Crippen LogP contribution in [0, 0.1) is 5.92 Å². The van der Waals surface area contributed by atoms with Crippen LogP contribution in [0.1, 0.15) is 19.3 Å².